The van der Waals surface area contributed by atoms with Gasteiger partial charge >= 0.3 is 0 Å². The molecule has 0 spiro atoms. The van der Waals surface area contributed by atoms with Crippen LogP contribution in [0, 0.1) is 0 Å². The summed E-state index contributed by atoms with van der Waals surface area (Å²) in [5.41, 5.74) is 0.533. The van der Waals surface area contributed by atoms with Crippen LogP contribution in [0.15, 0.2) is 24.5 Å². The molecule has 21 heavy (non-hydrogen) atoms. The Morgan fingerprint density at radius 1 is 1.19 bits per heavy atom. The second-order valence-corrected chi connectivity index (χ2v) is 5.49. The molecule has 1 N–H and O–H groups in total. The van der Waals surface area contributed by atoms with Crippen molar-refractivity contribution in [2.45, 2.75) is 18.9 Å². The van der Waals surface area contributed by atoms with E-state index in [9.17, 15) is 4.79 Å². The minimum atomic E-state index is -0.162. The van der Waals surface area contributed by atoms with Crippen LogP contribution in [0.25, 0.3) is 0 Å². The number of carbonyl (C=O) groups is 1. The highest BCUT2D eigenvalue weighted by Gasteiger charge is 2.22. The highest BCUT2D eigenvalue weighted by Crippen LogP contribution is 2.24. The van der Waals surface area contributed by atoms with E-state index in [1.54, 1.807) is 30.2 Å². The third kappa shape index (κ3) is 2.82. The maximum absolute atomic E-state index is 12.3. The third-order valence-electron chi connectivity index (χ3n) is 4.00. The predicted molar refractivity (Wildman–Crippen MR) is 79.2 cm³/mol. The van der Waals surface area contributed by atoms with Crippen LogP contribution < -0.4 is 5.32 Å². The van der Waals surface area contributed by atoms with E-state index in [1.165, 1.54) is 0 Å². The van der Waals surface area contributed by atoms with Crippen molar-refractivity contribution in [3.8, 4) is 0 Å². The largest absolute Gasteiger partial charge is 0.306 e. The number of piperidine rings is 1. The van der Waals surface area contributed by atoms with Crippen molar-refractivity contribution < 1.29 is 4.79 Å². The van der Waals surface area contributed by atoms with Gasteiger partial charge < -0.3 is 10.2 Å². The number of hydrogen-bond donors (Lipinski definition) is 1. The minimum Gasteiger partial charge on any atom is -0.306 e. The van der Waals surface area contributed by atoms with Crippen LogP contribution >= 0.6 is 0 Å². The summed E-state index contributed by atoms with van der Waals surface area (Å²) in [6, 6.07) is 3.89. The first kappa shape index (κ1) is 13.8. The summed E-state index contributed by atoms with van der Waals surface area (Å²) < 4.78 is 3.49. The average molecular weight is 288 g/mol. The number of aryl methyl sites for hydroxylation is 1. The maximum atomic E-state index is 12.3. The first-order chi connectivity index (χ1) is 10.1. The lowest BCUT2D eigenvalue weighted by atomic mass is 10.1. The number of rotatable bonds is 3. The van der Waals surface area contributed by atoms with E-state index in [-0.39, 0.29) is 5.91 Å². The summed E-state index contributed by atoms with van der Waals surface area (Å²) in [7, 11) is 3.88. The summed E-state index contributed by atoms with van der Waals surface area (Å²) in [4.78, 5) is 14.6. The van der Waals surface area contributed by atoms with Gasteiger partial charge in [0.15, 0.2) is 0 Å². The number of nitrogens with one attached hydrogen (secondary N) is 1. The molecule has 2 aromatic rings. The number of aromatic nitrogens is 4. The van der Waals surface area contributed by atoms with Gasteiger partial charge in [-0.15, -0.1) is 0 Å². The summed E-state index contributed by atoms with van der Waals surface area (Å²) in [5, 5.41) is 11.3. The van der Waals surface area contributed by atoms with Crippen LogP contribution in [-0.2, 0) is 7.05 Å². The van der Waals surface area contributed by atoms with Crippen LogP contribution in [0.1, 0.15) is 29.4 Å². The van der Waals surface area contributed by atoms with Crippen molar-refractivity contribution in [2.75, 3.05) is 25.5 Å². The molecule has 3 rings (SSSR count). The van der Waals surface area contributed by atoms with E-state index in [1.807, 2.05) is 10.7 Å². The zero-order valence-corrected chi connectivity index (χ0v) is 12.4. The molecule has 0 radical (unpaired) electrons. The van der Waals surface area contributed by atoms with Gasteiger partial charge in [-0.2, -0.15) is 10.2 Å². The smallest absolute Gasteiger partial charge is 0.275 e. The Bertz CT molecular complexity index is 623. The first-order valence-corrected chi connectivity index (χ1v) is 7.16. The van der Waals surface area contributed by atoms with Gasteiger partial charge in [0.25, 0.3) is 5.91 Å². The molecule has 7 nitrogen and oxygen atoms in total. The second-order valence-electron chi connectivity index (χ2n) is 5.49. The molecule has 0 atom stereocenters. The lowest BCUT2D eigenvalue weighted by molar-refractivity contribution is 0.101. The fraction of sp³-hybridized carbons (Fsp3) is 0.500. The Labute approximate surface area is 123 Å². The Morgan fingerprint density at radius 2 is 1.90 bits per heavy atom. The molecule has 0 aliphatic carbocycles. The van der Waals surface area contributed by atoms with E-state index < -0.39 is 0 Å². The second kappa shape index (κ2) is 5.69. The van der Waals surface area contributed by atoms with Crippen LogP contribution in [0.2, 0.25) is 0 Å². The highest BCUT2D eigenvalue weighted by atomic mass is 16.2. The first-order valence-electron chi connectivity index (χ1n) is 7.16. The van der Waals surface area contributed by atoms with E-state index >= 15 is 0 Å². The van der Waals surface area contributed by atoms with E-state index in [2.05, 4.69) is 27.5 Å². The average Bonchev–Trinajstić information content (AvgIpc) is 3.09. The zero-order valence-electron chi connectivity index (χ0n) is 12.4. The standard InChI is InChI=1S/C14H20N6O/c1-18-9-5-11(6-10-18)20-13(4-8-16-20)17-14(21)12-3-7-15-19(12)2/h3-4,7-8,11H,5-6,9-10H2,1-2H3,(H,17,21). The molecule has 2 aromatic heterocycles. The molecular formula is C14H20N6O. The minimum absolute atomic E-state index is 0.162. The molecule has 1 aliphatic rings. The van der Waals surface area contributed by atoms with Gasteiger partial charge in [0.2, 0.25) is 0 Å². The number of nitrogens with zero attached hydrogens (tertiary/aromatic N) is 5. The number of anilines is 1. The lowest BCUT2D eigenvalue weighted by Crippen LogP contribution is -2.32. The van der Waals surface area contributed by atoms with Gasteiger partial charge in [-0.3, -0.25) is 9.48 Å². The van der Waals surface area contributed by atoms with Crippen molar-refractivity contribution in [2.24, 2.45) is 7.05 Å². The summed E-state index contributed by atoms with van der Waals surface area (Å²) in [5.74, 6) is 0.584. The SMILES string of the molecule is CN1CCC(n2nccc2NC(=O)c2ccnn2C)CC1. The third-order valence-corrected chi connectivity index (χ3v) is 4.00. The van der Waals surface area contributed by atoms with Crippen molar-refractivity contribution in [1.29, 1.82) is 0 Å². The van der Waals surface area contributed by atoms with E-state index in [4.69, 9.17) is 0 Å². The summed E-state index contributed by atoms with van der Waals surface area (Å²) in [6.07, 6.45) is 5.44. The van der Waals surface area contributed by atoms with Gasteiger partial charge in [0.1, 0.15) is 11.5 Å². The molecule has 0 unspecified atom stereocenters. The number of carbonyl (C=O) groups excluding carboxylic acids is 1. The molecule has 1 amide bonds. The topological polar surface area (TPSA) is 68.0 Å². The van der Waals surface area contributed by atoms with E-state index in [0.717, 1.165) is 31.7 Å². The van der Waals surface area contributed by atoms with Crippen molar-refractivity contribution in [3.63, 3.8) is 0 Å². The van der Waals surface area contributed by atoms with Gasteiger partial charge in [-0.05, 0) is 39.0 Å². The Hall–Kier alpha value is -2.15. The molecule has 0 aromatic carbocycles. The Morgan fingerprint density at radius 3 is 2.57 bits per heavy atom. The number of amides is 1. The number of hydrogen-bond acceptors (Lipinski definition) is 4. The molecule has 0 bridgehead atoms. The van der Waals surface area contributed by atoms with Crippen molar-refractivity contribution in [1.82, 2.24) is 24.5 Å². The van der Waals surface area contributed by atoms with Crippen molar-refractivity contribution in [3.05, 3.63) is 30.2 Å². The quantitative estimate of drug-likeness (QED) is 0.919. The normalized spacial score (nSPS) is 17.0. The van der Waals surface area contributed by atoms with Crippen LogP contribution in [-0.4, -0.2) is 50.5 Å². The lowest BCUT2D eigenvalue weighted by Gasteiger charge is -2.29. The predicted octanol–water partition coefficient (Wildman–Crippen LogP) is 1.14. The molecule has 1 fully saturated rings. The van der Waals surface area contributed by atoms with Crippen molar-refractivity contribution >= 4 is 11.7 Å². The Balaban J connectivity index is 1.74. The number of likely N-dealkylation sites (tertiary alicyclic amines) is 1. The molecule has 1 saturated heterocycles. The molecular weight excluding hydrogens is 268 g/mol. The van der Waals surface area contributed by atoms with E-state index in [0.29, 0.717) is 11.7 Å². The maximum Gasteiger partial charge on any atom is 0.275 e. The summed E-state index contributed by atoms with van der Waals surface area (Å²) >= 11 is 0. The van der Waals surface area contributed by atoms with Gasteiger partial charge in [-0.1, -0.05) is 0 Å². The van der Waals surface area contributed by atoms with Crippen LogP contribution in [0.5, 0.6) is 0 Å². The van der Waals surface area contributed by atoms with Gasteiger partial charge in [-0.25, -0.2) is 4.68 Å². The van der Waals surface area contributed by atoms with Crippen LogP contribution in [0.4, 0.5) is 5.82 Å². The monoisotopic (exact) mass is 288 g/mol. The molecule has 1 aliphatic heterocycles. The fourth-order valence-electron chi connectivity index (χ4n) is 2.72. The molecule has 3 heterocycles. The molecule has 7 heteroatoms. The highest BCUT2D eigenvalue weighted by molar-refractivity contribution is 6.02. The van der Waals surface area contributed by atoms with Gasteiger partial charge in [0, 0.05) is 19.3 Å². The van der Waals surface area contributed by atoms with Gasteiger partial charge in [0.05, 0.1) is 12.2 Å². The molecule has 112 valence electrons. The zero-order chi connectivity index (χ0) is 14.8. The molecule has 0 saturated carbocycles. The Kier molecular flexibility index (Phi) is 3.74. The van der Waals surface area contributed by atoms with Crippen LogP contribution in [0.3, 0.4) is 0 Å². The fourth-order valence-corrected chi connectivity index (χ4v) is 2.72. The summed E-state index contributed by atoms with van der Waals surface area (Å²) in [6.45, 7) is 2.11.